The summed E-state index contributed by atoms with van der Waals surface area (Å²) in [6, 6.07) is 0. The molecule has 1 aliphatic rings. The second-order valence-electron chi connectivity index (χ2n) is 5.52. The van der Waals surface area contributed by atoms with Crippen molar-refractivity contribution in [1.82, 2.24) is 10.2 Å². The number of rotatable bonds is 1. The van der Waals surface area contributed by atoms with Gasteiger partial charge in [-0.25, -0.2) is 0 Å². The summed E-state index contributed by atoms with van der Waals surface area (Å²) in [6.07, 6.45) is 2.52. The molecule has 16 heavy (non-hydrogen) atoms. The molecule has 1 saturated heterocycles. The summed E-state index contributed by atoms with van der Waals surface area (Å²) in [5, 5.41) is 8.14. The molecule has 3 nitrogen and oxygen atoms in total. The molecule has 1 aromatic heterocycles. The van der Waals surface area contributed by atoms with Crippen LogP contribution in [0.15, 0.2) is 0 Å². The molecule has 2 rings (SSSR count). The molecule has 0 spiro atoms. The SMILES string of the molecule is CC(C)(C)C1CCN(c2n[nH]c(=S)s2)CC1. The van der Waals surface area contributed by atoms with Crippen LogP contribution in [-0.2, 0) is 0 Å². The predicted octanol–water partition coefficient (Wildman–Crippen LogP) is 3.46. The van der Waals surface area contributed by atoms with Crippen LogP contribution < -0.4 is 4.90 Å². The Balaban J connectivity index is 1.98. The van der Waals surface area contributed by atoms with Crippen molar-refractivity contribution < 1.29 is 0 Å². The normalized spacial score (nSPS) is 19.1. The number of aromatic nitrogens is 2. The number of hydrogen-bond donors (Lipinski definition) is 1. The molecule has 0 atom stereocenters. The number of hydrogen-bond acceptors (Lipinski definition) is 4. The highest BCUT2D eigenvalue weighted by atomic mass is 32.1. The molecule has 0 unspecified atom stereocenters. The highest BCUT2D eigenvalue weighted by Crippen LogP contribution is 2.35. The van der Waals surface area contributed by atoms with Gasteiger partial charge in [-0.1, -0.05) is 32.1 Å². The maximum atomic E-state index is 5.06. The van der Waals surface area contributed by atoms with E-state index in [-0.39, 0.29) is 0 Å². The fourth-order valence-electron chi connectivity index (χ4n) is 2.29. The molecule has 2 heterocycles. The Morgan fingerprint density at radius 2 is 2.00 bits per heavy atom. The van der Waals surface area contributed by atoms with E-state index in [1.165, 1.54) is 12.8 Å². The molecule has 1 N–H and O–H groups in total. The zero-order valence-electron chi connectivity index (χ0n) is 10.1. The Morgan fingerprint density at radius 1 is 1.38 bits per heavy atom. The minimum atomic E-state index is 0.435. The Labute approximate surface area is 106 Å². The summed E-state index contributed by atoms with van der Waals surface area (Å²) in [5.41, 5.74) is 0.435. The van der Waals surface area contributed by atoms with Gasteiger partial charge in [0.05, 0.1) is 0 Å². The zero-order chi connectivity index (χ0) is 11.8. The van der Waals surface area contributed by atoms with Gasteiger partial charge >= 0.3 is 0 Å². The molecule has 1 aliphatic heterocycles. The first-order valence-electron chi connectivity index (χ1n) is 5.77. The van der Waals surface area contributed by atoms with Crippen LogP contribution in [-0.4, -0.2) is 23.3 Å². The summed E-state index contributed by atoms with van der Waals surface area (Å²) in [7, 11) is 0. The highest BCUT2D eigenvalue weighted by Gasteiger charge is 2.29. The molecule has 0 amide bonds. The molecule has 5 heteroatoms. The molecule has 0 bridgehead atoms. The van der Waals surface area contributed by atoms with Crippen LogP contribution in [0.5, 0.6) is 0 Å². The predicted molar refractivity (Wildman–Crippen MR) is 71.7 cm³/mol. The maximum Gasteiger partial charge on any atom is 0.206 e. The third-order valence-electron chi connectivity index (χ3n) is 3.42. The van der Waals surface area contributed by atoms with Crippen LogP contribution in [0, 0.1) is 15.3 Å². The maximum absolute atomic E-state index is 5.06. The molecule has 0 radical (unpaired) electrons. The average Bonchev–Trinajstić information content (AvgIpc) is 2.64. The van der Waals surface area contributed by atoms with E-state index in [0.29, 0.717) is 5.41 Å². The lowest BCUT2D eigenvalue weighted by Crippen LogP contribution is -2.37. The minimum absolute atomic E-state index is 0.435. The molecule has 0 aromatic carbocycles. The van der Waals surface area contributed by atoms with Crippen molar-refractivity contribution in [2.75, 3.05) is 18.0 Å². The van der Waals surface area contributed by atoms with E-state index in [1.54, 1.807) is 11.3 Å². The van der Waals surface area contributed by atoms with Crippen molar-refractivity contribution >= 4 is 28.7 Å². The second kappa shape index (κ2) is 4.45. The van der Waals surface area contributed by atoms with Gasteiger partial charge in [0.15, 0.2) is 3.95 Å². The smallest absolute Gasteiger partial charge is 0.206 e. The van der Waals surface area contributed by atoms with Gasteiger partial charge in [0, 0.05) is 13.1 Å². The molecule has 0 saturated carbocycles. The first-order chi connectivity index (χ1) is 7.47. The first-order valence-corrected chi connectivity index (χ1v) is 7.00. The molecular formula is C11H19N3S2. The quantitative estimate of drug-likeness (QED) is 0.782. The van der Waals surface area contributed by atoms with Crippen molar-refractivity contribution in [3.8, 4) is 0 Å². The van der Waals surface area contributed by atoms with E-state index in [1.807, 2.05) is 0 Å². The molecule has 1 aromatic rings. The fourth-order valence-corrected chi connectivity index (χ4v) is 3.22. The van der Waals surface area contributed by atoms with Crippen LogP contribution in [0.3, 0.4) is 0 Å². The third-order valence-corrected chi connectivity index (χ3v) is 4.57. The molecular weight excluding hydrogens is 238 g/mol. The van der Waals surface area contributed by atoms with E-state index >= 15 is 0 Å². The average molecular weight is 257 g/mol. The van der Waals surface area contributed by atoms with Crippen molar-refractivity contribution in [3.05, 3.63) is 3.95 Å². The molecule has 90 valence electrons. The largest absolute Gasteiger partial charge is 0.347 e. The van der Waals surface area contributed by atoms with Crippen molar-refractivity contribution in [1.29, 1.82) is 0 Å². The van der Waals surface area contributed by atoms with Crippen molar-refractivity contribution in [2.45, 2.75) is 33.6 Å². The van der Waals surface area contributed by atoms with Gasteiger partial charge in [-0.2, -0.15) is 0 Å². The summed E-state index contributed by atoms with van der Waals surface area (Å²) in [4.78, 5) is 2.35. The topological polar surface area (TPSA) is 31.9 Å². The van der Waals surface area contributed by atoms with Gasteiger partial charge < -0.3 is 4.90 Å². The van der Waals surface area contributed by atoms with E-state index in [4.69, 9.17) is 12.2 Å². The van der Waals surface area contributed by atoms with E-state index < -0.39 is 0 Å². The summed E-state index contributed by atoms with van der Waals surface area (Å²) >= 11 is 6.64. The number of anilines is 1. The number of piperidine rings is 1. The second-order valence-corrected chi connectivity index (χ2v) is 7.17. The zero-order valence-corrected chi connectivity index (χ0v) is 11.7. The number of aromatic amines is 1. The van der Waals surface area contributed by atoms with E-state index in [2.05, 4.69) is 35.9 Å². The van der Waals surface area contributed by atoms with Gasteiger partial charge in [-0.05, 0) is 36.4 Å². The van der Waals surface area contributed by atoms with Crippen LogP contribution in [0.25, 0.3) is 0 Å². The van der Waals surface area contributed by atoms with Gasteiger partial charge in [0.2, 0.25) is 5.13 Å². The molecule has 0 aliphatic carbocycles. The van der Waals surface area contributed by atoms with Gasteiger partial charge in [-0.15, -0.1) is 5.10 Å². The first kappa shape index (κ1) is 12.0. The Bertz CT molecular complexity index is 394. The number of nitrogens with zero attached hydrogens (tertiary/aromatic N) is 2. The number of H-pyrrole nitrogens is 1. The van der Waals surface area contributed by atoms with Crippen molar-refractivity contribution in [2.24, 2.45) is 11.3 Å². The van der Waals surface area contributed by atoms with E-state index in [9.17, 15) is 0 Å². The Hall–Kier alpha value is -0.420. The Morgan fingerprint density at radius 3 is 2.44 bits per heavy atom. The standard InChI is InChI=1S/C11H19N3S2/c1-11(2,3)8-4-6-14(7-5-8)9-12-13-10(15)16-9/h8H,4-7H2,1-3H3,(H,13,15). The lowest BCUT2D eigenvalue weighted by molar-refractivity contribution is 0.199. The third kappa shape index (κ3) is 2.63. The Kier molecular flexibility index (Phi) is 3.35. The summed E-state index contributed by atoms with van der Waals surface area (Å²) in [5.74, 6) is 0.829. The van der Waals surface area contributed by atoms with Gasteiger partial charge in [0.25, 0.3) is 0 Å². The number of nitrogens with one attached hydrogen (secondary N) is 1. The lowest BCUT2D eigenvalue weighted by Gasteiger charge is -2.38. The lowest BCUT2D eigenvalue weighted by atomic mass is 9.75. The van der Waals surface area contributed by atoms with Gasteiger partial charge in [0.1, 0.15) is 0 Å². The minimum Gasteiger partial charge on any atom is -0.347 e. The van der Waals surface area contributed by atoms with Crippen LogP contribution in [0.4, 0.5) is 5.13 Å². The summed E-state index contributed by atoms with van der Waals surface area (Å²) in [6.45, 7) is 9.24. The fraction of sp³-hybridized carbons (Fsp3) is 0.818. The van der Waals surface area contributed by atoms with Gasteiger partial charge in [-0.3, -0.25) is 5.10 Å². The van der Waals surface area contributed by atoms with Crippen molar-refractivity contribution in [3.63, 3.8) is 0 Å². The highest BCUT2D eigenvalue weighted by molar-refractivity contribution is 7.73. The molecule has 1 fully saturated rings. The van der Waals surface area contributed by atoms with Crippen LogP contribution in [0.1, 0.15) is 33.6 Å². The van der Waals surface area contributed by atoms with Crippen LogP contribution in [0.2, 0.25) is 0 Å². The monoisotopic (exact) mass is 257 g/mol. The van der Waals surface area contributed by atoms with E-state index in [0.717, 1.165) is 28.1 Å². The van der Waals surface area contributed by atoms with Crippen LogP contribution >= 0.6 is 23.6 Å². The summed E-state index contributed by atoms with van der Waals surface area (Å²) < 4.78 is 0.771.